The number of para-hydroxylation sites is 1. The highest BCUT2D eigenvalue weighted by Crippen LogP contribution is 2.30. The monoisotopic (exact) mass is 338 g/mol. The predicted octanol–water partition coefficient (Wildman–Crippen LogP) is 3.42. The molecule has 4 heteroatoms. The number of carbonyl (C=O) groups excluding carboxylic acids is 1. The van der Waals surface area contributed by atoms with Gasteiger partial charge in [-0.3, -0.25) is 9.78 Å². The van der Waals surface area contributed by atoms with Crippen LogP contribution in [0.5, 0.6) is 0 Å². The second-order valence-electron chi connectivity index (χ2n) is 7.50. The van der Waals surface area contributed by atoms with Crippen molar-refractivity contribution < 1.29 is 9.53 Å². The Morgan fingerprint density at radius 1 is 1.24 bits per heavy atom. The van der Waals surface area contributed by atoms with Crippen molar-refractivity contribution >= 4 is 16.8 Å². The van der Waals surface area contributed by atoms with Crippen molar-refractivity contribution in [2.24, 2.45) is 5.92 Å². The third kappa shape index (κ3) is 3.40. The van der Waals surface area contributed by atoms with Crippen LogP contribution in [0.4, 0.5) is 0 Å². The Balaban J connectivity index is 1.57. The van der Waals surface area contributed by atoms with Gasteiger partial charge in [-0.2, -0.15) is 0 Å². The lowest BCUT2D eigenvalue weighted by Crippen LogP contribution is -2.38. The zero-order chi connectivity index (χ0) is 17.4. The van der Waals surface area contributed by atoms with E-state index in [0.717, 1.165) is 61.2 Å². The molecule has 2 aromatic rings. The third-order valence-corrected chi connectivity index (χ3v) is 5.60. The summed E-state index contributed by atoms with van der Waals surface area (Å²) in [6.07, 6.45) is 3.83. The molecule has 1 aromatic heterocycles. The van der Waals surface area contributed by atoms with Crippen molar-refractivity contribution in [3.63, 3.8) is 0 Å². The van der Waals surface area contributed by atoms with Crippen LogP contribution in [-0.2, 0) is 16.0 Å². The summed E-state index contributed by atoms with van der Waals surface area (Å²) in [5.74, 6) is 0.749. The van der Waals surface area contributed by atoms with Crippen molar-refractivity contribution in [3.8, 4) is 0 Å². The van der Waals surface area contributed by atoms with E-state index in [-0.39, 0.29) is 5.91 Å². The molecule has 4 nitrogen and oxygen atoms in total. The van der Waals surface area contributed by atoms with E-state index in [9.17, 15) is 4.79 Å². The number of nitrogens with zero attached hydrogens (tertiary/aromatic N) is 2. The molecule has 1 aliphatic carbocycles. The summed E-state index contributed by atoms with van der Waals surface area (Å²) in [6, 6.07) is 8.63. The highest BCUT2D eigenvalue weighted by Gasteiger charge is 2.35. The maximum absolute atomic E-state index is 13.1. The number of hydrogen-bond donors (Lipinski definition) is 0. The first-order valence-electron chi connectivity index (χ1n) is 9.35. The van der Waals surface area contributed by atoms with Gasteiger partial charge in [0.2, 0.25) is 5.91 Å². The van der Waals surface area contributed by atoms with E-state index < -0.39 is 0 Å². The fraction of sp³-hybridized carbons (Fsp3) is 0.524. The van der Waals surface area contributed by atoms with Crippen LogP contribution in [0, 0.1) is 19.8 Å². The standard InChI is InChI=1S/C21H26N2O2/c1-14-18-5-3-4-6-20(18)22-15(2)19(14)11-21(24)23(17-7-8-17)12-16-9-10-25-13-16/h3-6,16-17H,7-13H2,1-2H3. The van der Waals surface area contributed by atoms with Gasteiger partial charge in [0.05, 0.1) is 18.5 Å². The van der Waals surface area contributed by atoms with E-state index in [4.69, 9.17) is 9.72 Å². The van der Waals surface area contributed by atoms with Gasteiger partial charge in [-0.05, 0) is 50.3 Å². The molecule has 132 valence electrons. The molecule has 1 amide bonds. The number of amides is 1. The highest BCUT2D eigenvalue weighted by atomic mass is 16.5. The molecule has 0 spiro atoms. The Labute approximate surface area is 149 Å². The molecular weight excluding hydrogens is 312 g/mol. The zero-order valence-electron chi connectivity index (χ0n) is 15.1. The van der Waals surface area contributed by atoms with E-state index in [1.165, 1.54) is 5.56 Å². The molecule has 2 fully saturated rings. The van der Waals surface area contributed by atoms with Crippen molar-refractivity contribution in [2.75, 3.05) is 19.8 Å². The second kappa shape index (κ2) is 6.75. The van der Waals surface area contributed by atoms with E-state index in [1.807, 2.05) is 25.1 Å². The maximum atomic E-state index is 13.1. The van der Waals surface area contributed by atoms with Gasteiger partial charge >= 0.3 is 0 Å². The summed E-state index contributed by atoms with van der Waals surface area (Å²) >= 11 is 0. The summed E-state index contributed by atoms with van der Waals surface area (Å²) in [4.78, 5) is 19.9. The summed E-state index contributed by atoms with van der Waals surface area (Å²) < 4.78 is 5.49. The zero-order valence-corrected chi connectivity index (χ0v) is 15.1. The van der Waals surface area contributed by atoms with Crippen LogP contribution in [0.1, 0.15) is 36.1 Å². The lowest BCUT2D eigenvalue weighted by Gasteiger charge is -2.26. The molecule has 1 saturated heterocycles. The van der Waals surface area contributed by atoms with Gasteiger partial charge < -0.3 is 9.64 Å². The molecule has 0 radical (unpaired) electrons. The van der Waals surface area contributed by atoms with Gasteiger partial charge in [0.1, 0.15) is 0 Å². The van der Waals surface area contributed by atoms with Crippen LogP contribution in [-0.4, -0.2) is 41.6 Å². The van der Waals surface area contributed by atoms with Gasteiger partial charge in [0, 0.05) is 36.2 Å². The van der Waals surface area contributed by atoms with E-state index in [1.54, 1.807) is 0 Å². The van der Waals surface area contributed by atoms with Gasteiger partial charge in [0.25, 0.3) is 0 Å². The number of pyridine rings is 1. The average Bonchev–Trinajstić information content (AvgIpc) is 3.32. The number of rotatable bonds is 5. The minimum absolute atomic E-state index is 0.248. The van der Waals surface area contributed by atoms with E-state index in [2.05, 4.69) is 17.9 Å². The first kappa shape index (κ1) is 16.5. The third-order valence-electron chi connectivity index (χ3n) is 5.60. The number of carbonyl (C=O) groups is 1. The van der Waals surface area contributed by atoms with Crippen molar-refractivity contribution in [3.05, 3.63) is 41.1 Å². The van der Waals surface area contributed by atoms with Crippen LogP contribution in [0.2, 0.25) is 0 Å². The lowest BCUT2D eigenvalue weighted by molar-refractivity contribution is -0.131. The molecule has 1 aromatic carbocycles. The number of fused-ring (bicyclic) bond motifs is 1. The molecule has 0 bridgehead atoms. The molecule has 1 aliphatic heterocycles. The van der Waals surface area contributed by atoms with E-state index in [0.29, 0.717) is 18.4 Å². The molecule has 2 heterocycles. The Morgan fingerprint density at radius 2 is 2.04 bits per heavy atom. The lowest BCUT2D eigenvalue weighted by atomic mass is 9.98. The molecule has 1 atom stereocenters. The van der Waals surface area contributed by atoms with Crippen LogP contribution in [0.25, 0.3) is 10.9 Å². The number of benzene rings is 1. The molecule has 1 saturated carbocycles. The van der Waals surface area contributed by atoms with Gasteiger partial charge in [0.15, 0.2) is 0 Å². The largest absolute Gasteiger partial charge is 0.381 e. The van der Waals surface area contributed by atoms with Crippen LogP contribution >= 0.6 is 0 Å². The molecule has 0 N–H and O–H groups in total. The molecular formula is C21H26N2O2. The van der Waals surface area contributed by atoms with Crippen LogP contribution in [0.3, 0.4) is 0 Å². The van der Waals surface area contributed by atoms with Gasteiger partial charge in [-0.1, -0.05) is 18.2 Å². The van der Waals surface area contributed by atoms with E-state index >= 15 is 0 Å². The van der Waals surface area contributed by atoms with Crippen LogP contribution in [0.15, 0.2) is 24.3 Å². The fourth-order valence-electron chi connectivity index (χ4n) is 3.93. The first-order chi connectivity index (χ1) is 12.1. The molecule has 2 aliphatic rings. The first-order valence-corrected chi connectivity index (χ1v) is 9.35. The predicted molar refractivity (Wildman–Crippen MR) is 98.6 cm³/mol. The number of hydrogen-bond acceptors (Lipinski definition) is 3. The van der Waals surface area contributed by atoms with Crippen molar-refractivity contribution in [2.45, 2.75) is 45.6 Å². The Kier molecular flexibility index (Phi) is 4.46. The van der Waals surface area contributed by atoms with Crippen molar-refractivity contribution in [1.29, 1.82) is 0 Å². The minimum Gasteiger partial charge on any atom is -0.381 e. The Morgan fingerprint density at radius 3 is 2.76 bits per heavy atom. The highest BCUT2D eigenvalue weighted by molar-refractivity contribution is 5.86. The average molecular weight is 338 g/mol. The molecule has 25 heavy (non-hydrogen) atoms. The quantitative estimate of drug-likeness (QED) is 0.839. The Bertz CT molecular complexity index is 792. The summed E-state index contributed by atoms with van der Waals surface area (Å²) in [6.45, 7) is 6.62. The van der Waals surface area contributed by atoms with Gasteiger partial charge in [-0.15, -0.1) is 0 Å². The van der Waals surface area contributed by atoms with Gasteiger partial charge in [-0.25, -0.2) is 0 Å². The normalized spacial score (nSPS) is 20.2. The topological polar surface area (TPSA) is 42.4 Å². The number of aryl methyl sites for hydroxylation is 2. The Hall–Kier alpha value is -1.94. The summed E-state index contributed by atoms with van der Waals surface area (Å²) in [7, 11) is 0. The molecule has 4 rings (SSSR count). The maximum Gasteiger partial charge on any atom is 0.227 e. The fourth-order valence-corrected chi connectivity index (χ4v) is 3.93. The summed E-state index contributed by atoms with van der Waals surface area (Å²) in [5, 5.41) is 1.15. The summed E-state index contributed by atoms with van der Waals surface area (Å²) in [5.41, 5.74) is 4.27. The minimum atomic E-state index is 0.248. The number of ether oxygens (including phenoxy) is 1. The van der Waals surface area contributed by atoms with Crippen molar-refractivity contribution in [1.82, 2.24) is 9.88 Å². The van der Waals surface area contributed by atoms with Crippen LogP contribution < -0.4 is 0 Å². The number of aromatic nitrogens is 1. The molecule has 1 unspecified atom stereocenters. The second-order valence-corrected chi connectivity index (χ2v) is 7.50. The smallest absolute Gasteiger partial charge is 0.227 e. The SMILES string of the molecule is Cc1nc2ccccc2c(C)c1CC(=O)N(CC1CCOC1)C1CC1.